The lowest BCUT2D eigenvalue weighted by molar-refractivity contribution is -0.142. The molecule has 0 spiro atoms. The molecule has 256 valence electrons. The molecule has 0 bridgehead atoms. The summed E-state index contributed by atoms with van der Waals surface area (Å²) in [6.07, 6.45) is 6.82. The Kier molecular flexibility index (Phi) is 10.3. The number of carbonyl (C=O) groups is 4. The molecule has 6 rings (SSSR count). The Morgan fingerprint density at radius 3 is 1.74 bits per heavy atom. The lowest BCUT2D eigenvalue weighted by atomic mass is 10.0. The largest absolute Gasteiger partial charge is 0.480 e. The SMILES string of the molecule is NC(Cc1ccccc1)C(=O)NC(Cc1cnc[nH]1)C(=O)NC(Cc1c[nH]c2ccccc12)C(=O)NC(Cc1c[nH]c2ccccc12)C(=O)O. The molecular formula is C37H38N8O5. The molecule has 0 saturated heterocycles. The minimum Gasteiger partial charge on any atom is -0.480 e. The van der Waals surface area contributed by atoms with E-state index in [0.717, 1.165) is 38.5 Å². The Bertz CT molecular complexity index is 2090. The first kappa shape index (κ1) is 33.7. The predicted molar refractivity (Wildman–Crippen MR) is 188 cm³/mol. The molecule has 6 aromatic rings. The fraction of sp³-hybridized carbons (Fsp3) is 0.216. The second-order valence-electron chi connectivity index (χ2n) is 12.2. The van der Waals surface area contributed by atoms with Crippen LogP contribution in [0.3, 0.4) is 0 Å². The maximum Gasteiger partial charge on any atom is 0.326 e. The van der Waals surface area contributed by atoms with E-state index in [1.165, 1.54) is 12.5 Å². The average molecular weight is 675 g/mol. The Morgan fingerprint density at radius 2 is 1.16 bits per heavy atom. The van der Waals surface area contributed by atoms with Crippen molar-refractivity contribution in [3.05, 3.63) is 126 Å². The molecule has 0 saturated carbocycles. The van der Waals surface area contributed by atoms with Crippen LogP contribution in [0.2, 0.25) is 0 Å². The number of imidazole rings is 1. The van der Waals surface area contributed by atoms with E-state index in [0.29, 0.717) is 5.69 Å². The molecule has 13 nitrogen and oxygen atoms in total. The van der Waals surface area contributed by atoms with E-state index < -0.39 is 47.9 Å². The van der Waals surface area contributed by atoms with Crippen molar-refractivity contribution in [3.8, 4) is 0 Å². The van der Waals surface area contributed by atoms with Gasteiger partial charge in [0.1, 0.15) is 18.1 Å². The topological polar surface area (TPSA) is 211 Å². The first-order valence-corrected chi connectivity index (χ1v) is 16.3. The van der Waals surface area contributed by atoms with E-state index in [-0.39, 0.29) is 25.7 Å². The molecule has 0 aliphatic heterocycles. The quantitative estimate of drug-likeness (QED) is 0.0815. The number of hydrogen-bond acceptors (Lipinski definition) is 6. The zero-order valence-corrected chi connectivity index (χ0v) is 27.1. The Morgan fingerprint density at radius 1 is 0.640 bits per heavy atom. The van der Waals surface area contributed by atoms with E-state index >= 15 is 0 Å². The number of fused-ring (bicyclic) bond motifs is 2. The highest BCUT2D eigenvalue weighted by Gasteiger charge is 2.32. The standard InChI is InChI=1S/C37H38N8O5/c38-28(14-22-8-2-1-3-9-22)34(46)43-32(17-25-20-39-21-42-25)36(48)44-31(15-23-18-40-29-12-6-4-10-26(23)29)35(47)45-33(37(49)50)16-24-19-41-30-13-7-5-11-27(24)30/h1-13,18-21,28,31-33,40-41H,14-17,38H2,(H,39,42)(H,43,46)(H,44,48)(H,45,47)(H,49,50). The van der Waals surface area contributed by atoms with Crippen LogP contribution in [0.1, 0.15) is 22.4 Å². The maximum absolute atomic E-state index is 14.0. The molecule has 3 aromatic carbocycles. The van der Waals surface area contributed by atoms with Gasteiger partial charge in [-0.3, -0.25) is 14.4 Å². The Balaban J connectivity index is 1.24. The lowest BCUT2D eigenvalue weighted by Gasteiger charge is -2.25. The van der Waals surface area contributed by atoms with Crippen LogP contribution in [0.25, 0.3) is 21.8 Å². The third-order valence-electron chi connectivity index (χ3n) is 8.69. The fourth-order valence-electron chi connectivity index (χ4n) is 6.06. The van der Waals surface area contributed by atoms with Gasteiger partial charge >= 0.3 is 5.97 Å². The second-order valence-corrected chi connectivity index (χ2v) is 12.2. The zero-order chi connectivity index (χ0) is 35.0. The van der Waals surface area contributed by atoms with Crippen LogP contribution >= 0.6 is 0 Å². The highest BCUT2D eigenvalue weighted by Crippen LogP contribution is 2.21. The number of carboxylic acid groups (broad SMARTS) is 1. The van der Waals surface area contributed by atoms with Crippen LogP contribution in [-0.2, 0) is 44.9 Å². The molecule has 9 N–H and O–H groups in total. The van der Waals surface area contributed by atoms with Gasteiger partial charge in [-0.15, -0.1) is 0 Å². The molecule has 3 heterocycles. The summed E-state index contributed by atoms with van der Waals surface area (Å²) in [5, 5.41) is 20.1. The van der Waals surface area contributed by atoms with Crippen molar-refractivity contribution in [1.82, 2.24) is 35.9 Å². The van der Waals surface area contributed by atoms with Crippen LogP contribution in [0.4, 0.5) is 0 Å². The van der Waals surface area contributed by atoms with E-state index in [1.807, 2.05) is 78.9 Å². The van der Waals surface area contributed by atoms with Gasteiger partial charge in [0.25, 0.3) is 0 Å². The number of aromatic nitrogens is 4. The number of nitrogens with zero attached hydrogens (tertiary/aromatic N) is 1. The highest BCUT2D eigenvalue weighted by molar-refractivity contribution is 5.95. The molecule has 0 aliphatic rings. The van der Waals surface area contributed by atoms with Gasteiger partial charge in [-0.1, -0.05) is 66.7 Å². The van der Waals surface area contributed by atoms with Crippen molar-refractivity contribution in [2.75, 3.05) is 0 Å². The number of carboxylic acids is 1. The number of rotatable bonds is 15. The third-order valence-corrected chi connectivity index (χ3v) is 8.69. The molecule has 13 heteroatoms. The number of benzene rings is 3. The highest BCUT2D eigenvalue weighted by atomic mass is 16.4. The number of H-pyrrole nitrogens is 3. The average Bonchev–Trinajstić information content (AvgIpc) is 3.88. The molecule has 0 aliphatic carbocycles. The number of aliphatic carboxylic acids is 1. The number of para-hydroxylation sites is 2. The molecular weight excluding hydrogens is 636 g/mol. The number of hydrogen-bond donors (Lipinski definition) is 8. The van der Waals surface area contributed by atoms with Crippen molar-refractivity contribution in [2.45, 2.75) is 49.9 Å². The first-order valence-electron chi connectivity index (χ1n) is 16.3. The summed E-state index contributed by atoms with van der Waals surface area (Å²) in [7, 11) is 0. The summed E-state index contributed by atoms with van der Waals surface area (Å²) in [6, 6.07) is 19.7. The van der Waals surface area contributed by atoms with E-state index in [1.54, 1.807) is 12.4 Å². The van der Waals surface area contributed by atoms with Gasteiger partial charge in [-0.2, -0.15) is 0 Å². The van der Waals surface area contributed by atoms with Crippen LogP contribution in [0.15, 0.2) is 104 Å². The van der Waals surface area contributed by atoms with Crippen molar-refractivity contribution < 1.29 is 24.3 Å². The summed E-state index contributed by atoms with van der Waals surface area (Å²) in [5.41, 5.74) is 10.8. The van der Waals surface area contributed by atoms with Gasteiger partial charge in [-0.25, -0.2) is 9.78 Å². The second kappa shape index (κ2) is 15.3. The number of aromatic amines is 3. The number of nitrogens with two attached hydrogens (primary N) is 1. The Labute approximate surface area is 287 Å². The monoisotopic (exact) mass is 674 g/mol. The van der Waals surface area contributed by atoms with E-state index in [4.69, 9.17) is 5.73 Å². The number of nitrogens with one attached hydrogen (secondary N) is 6. The molecule has 3 aromatic heterocycles. The summed E-state index contributed by atoms with van der Waals surface area (Å²) >= 11 is 0. The fourth-order valence-corrected chi connectivity index (χ4v) is 6.06. The molecule has 0 radical (unpaired) electrons. The van der Waals surface area contributed by atoms with Crippen LogP contribution < -0.4 is 21.7 Å². The normalized spacial score (nSPS) is 13.7. The van der Waals surface area contributed by atoms with Crippen molar-refractivity contribution in [1.29, 1.82) is 0 Å². The van der Waals surface area contributed by atoms with E-state index in [2.05, 4.69) is 35.9 Å². The van der Waals surface area contributed by atoms with Gasteiger partial charge < -0.3 is 41.7 Å². The van der Waals surface area contributed by atoms with Crippen molar-refractivity contribution >= 4 is 45.5 Å². The summed E-state index contributed by atoms with van der Waals surface area (Å²) in [4.78, 5) is 67.0. The summed E-state index contributed by atoms with van der Waals surface area (Å²) in [6.45, 7) is 0. The number of amides is 3. The third kappa shape index (κ3) is 8.08. The van der Waals surface area contributed by atoms with Gasteiger partial charge in [0.15, 0.2) is 0 Å². The maximum atomic E-state index is 14.0. The summed E-state index contributed by atoms with van der Waals surface area (Å²) < 4.78 is 0. The minimum absolute atomic E-state index is 0.0106. The zero-order valence-electron chi connectivity index (χ0n) is 27.1. The van der Waals surface area contributed by atoms with Crippen LogP contribution in [0.5, 0.6) is 0 Å². The van der Waals surface area contributed by atoms with Gasteiger partial charge in [0.05, 0.1) is 12.4 Å². The smallest absolute Gasteiger partial charge is 0.326 e. The molecule has 0 fully saturated rings. The van der Waals surface area contributed by atoms with Gasteiger partial charge in [0.2, 0.25) is 17.7 Å². The Hall–Kier alpha value is -6.21. The molecule has 4 atom stereocenters. The van der Waals surface area contributed by atoms with E-state index in [9.17, 15) is 24.3 Å². The number of carbonyl (C=O) groups excluding carboxylic acids is 3. The van der Waals surface area contributed by atoms with Crippen LogP contribution in [-0.4, -0.2) is 72.9 Å². The lowest BCUT2D eigenvalue weighted by Crippen LogP contribution is -2.58. The van der Waals surface area contributed by atoms with Crippen LogP contribution in [0, 0.1) is 0 Å². The van der Waals surface area contributed by atoms with Crippen molar-refractivity contribution in [3.63, 3.8) is 0 Å². The molecule has 4 unspecified atom stereocenters. The first-order chi connectivity index (χ1) is 24.2. The minimum atomic E-state index is -1.29. The van der Waals surface area contributed by atoms with Gasteiger partial charge in [0, 0.05) is 65.4 Å². The molecule has 50 heavy (non-hydrogen) atoms. The predicted octanol–water partition coefficient (Wildman–Crippen LogP) is 2.51. The van der Waals surface area contributed by atoms with Gasteiger partial charge in [-0.05, 0) is 35.2 Å². The molecule has 3 amide bonds. The summed E-state index contributed by atoms with van der Waals surface area (Å²) in [5.74, 6) is -3.11. The van der Waals surface area contributed by atoms with Crippen molar-refractivity contribution in [2.24, 2.45) is 5.73 Å².